The Balaban J connectivity index is 1.58. The molecule has 0 saturated carbocycles. The van der Waals surface area contributed by atoms with Crippen molar-refractivity contribution in [3.63, 3.8) is 0 Å². The zero-order chi connectivity index (χ0) is 25.9. The van der Waals surface area contributed by atoms with Gasteiger partial charge in [0.2, 0.25) is 5.82 Å². The molecule has 1 atom stereocenters. The first-order valence-electron chi connectivity index (χ1n) is 11.6. The first-order valence-corrected chi connectivity index (χ1v) is 11.6. The summed E-state index contributed by atoms with van der Waals surface area (Å²) in [6.07, 6.45) is 0.483. The van der Waals surface area contributed by atoms with Crippen molar-refractivity contribution in [1.82, 2.24) is 15.5 Å². The molecule has 0 aliphatic carbocycles. The SMILES string of the molecule is CCC(NCc1ccc(-c2noc(-c3ccc(-c4ccccc4C)c(C(C)(F)F)c3)n2)cc1)C(=O)O. The fourth-order valence-corrected chi connectivity index (χ4v) is 4.03. The van der Waals surface area contributed by atoms with Gasteiger partial charge in [-0.25, -0.2) is 8.78 Å². The normalized spacial score (nSPS) is 12.5. The van der Waals surface area contributed by atoms with Crippen LogP contribution in [0.4, 0.5) is 8.78 Å². The van der Waals surface area contributed by atoms with Crippen LogP contribution in [-0.2, 0) is 17.3 Å². The molecule has 0 radical (unpaired) electrons. The lowest BCUT2D eigenvalue weighted by Gasteiger charge is -2.18. The van der Waals surface area contributed by atoms with Gasteiger partial charge < -0.3 is 14.9 Å². The third-order valence-corrected chi connectivity index (χ3v) is 6.07. The highest BCUT2D eigenvalue weighted by molar-refractivity contribution is 5.75. The average molecular weight is 492 g/mol. The Morgan fingerprint density at radius 3 is 2.39 bits per heavy atom. The molecule has 3 aromatic carbocycles. The Bertz CT molecular complexity index is 1360. The smallest absolute Gasteiger partial charge is 0.320 e. The monoisotopic (exact) mass is 491 g/mol. The van der Waals surface area contributed by atoms with E-state index in [1.807, 2.05) is 50.2 Å². The number of benzene rings is 3. The molecule has 4 rings (SSSR count). The molecule has 0 aliphatic heterocycles. The van der Waals surface area contributed by atoms with Gasteiger partial charge in [0.05, 0.1) is 0 Å². The van der Waals surface area contributed by atoms with Gasteiger partial charge in [0, 0.05) is 30.2 Å². The summed E-state index contributed by atoms with van der Waals surface area (Å²) >= 11 is 0. The lowest BCUT2D eigenvalue weighted by atomic mass is 9.92. The molecule has 0 aliphatic rings. The third kappa shape index (κ3) is 5.49. The van der Waals surface area contributed by atoms with Crippen LogP contribution in [0.3, 0.4) is 0 Å². The predicted molar refractivity (Wildman–Crippen MR) is 133 cm³/mol. The maximum absolute atomic E-state index is 14.6. The number of nitrogens with one attached hydrogen (secondary N) is 1. The highest BCUT2D eigenvalue weighted by Crippen LogP contribution is 2.39. The summed E-state index contributed by atoms with van der Waals surface area (Å²) in [4.78, 5) is 15.6. The van der Waals surface area contributed by atoms with Crippen LogP contribution in [-0.4, -0.2) is 27.3 Å². The molecule has 4 aromatic rings. The van der Waals surface area contributed by atoms with E-state index in [1.54, 1.807) is 24.3 Å². The molecule has 0 saturated heterocycles. The summed E-state index contributed by atoms with van der Waals surface area (Å²) in [5.41, 5.74) is 4.00. The van der Waals surface area contributed by atoms with Gasteiger partial charge >= 0.3 is 5.97 Å². The number of hydrogen-bond donors (Lipinski definition) is 2. The molecule has 186 valence electrons. The largest absolute Gasteiger partial charge is 0.480 e. The van der Waals surface area contributed by atoms with Crippen molar-refractivity contribution in [2.24, 2.45) is 0 Å². The number of aryl methyl sites for hydroxylation is 1. The van der Waals surface area contributed by atoms with Crippen LogP contribution in [0.25, 0.3) is 34.0 Å². The Morgan fingerprint density at radius 1 is 1.06 bits per heavy atom. The Labute approximate surface area is 208 Å². The number of carboxylic acid groups (broad SMARTS) is 1. The zero-order valence-corrected chi connectivity index (χ0v) is 20.3. The van der Waals surface area contributed by atoms with E-state index in [-0.39, 0.29) is 11.5 Å². The first-order chi connectivity index (χ1) is 17.2. The number of rotatable bonds is 9. The highest BCUT2D eigenvalue weighted by atomic mass is 19.3. The molecule has 1 heterocycles. The fraction of sp³-hybridized carbons (Fsp3) is 0.250. The van der Waals surface area contributed by atoms with Crippen molar-refractivity contribution in [3.05, 3.63) is 83.4 Å². The van der Waals surface area contributed by atoms with E-state index >= 15 is 0 Å². The van der Waals surface area contributed by atoms with E-state index < -0.39 is 17.9 Å². The maximum atomic E-state index is 14.6. The molecular weight excluding hydrogens is 464 g/mol. The summed E-state index contributed by atoms with van der Waals surface area (Å²) < 4.78 is 34.6. The van der Waals surface area contributed by atoms with Crippen LogP contribution in [0.15, 0.2) is 71.3 Å². The molecule has 1 unspecified atom stereocenters. The molecule has 2 N–H and O–H groups in total. The van der Waals surface area contributed by atoms with Gasteiger partial charge in [0.15, 0.2) is 0 Å². The number of aliphatic carboxylic acids is 1. The first kappa shape index (κ1) is 25.2. The number of carbonyl (C=O) groups is 1. The quantitative estimate of drug-likeness (QED) is 0.280. The number of aromatic nitrogens is 2. The van der Waals surface area contributed by atoms with Gasteiger partial charge in [-0.1, -0.05) is 66.7 Å². The molecule has 6 nitrogen and oxygen atoms in total. The number of halogens is 2. The van der Waals surface area contributed by atoms with Crippen molar-refractivity contribution in [1.29, 1.82) is 0 Å². The van der Waals surface area contributed by atoms with E-state index in [4.69, 9.17) is 9.63 Å². The highest BCUT2D eigenvalue weighted by Gasteiger charge is 2.29. The number of nitrogens with zero attached hydrogens (tertiary/aromatic N) is 2. The average Bonchev–Trinajstić information content (AvgIpc) is 3.34. The molecule has 0 amide bonds. The van der Waals surface area contributed by atoms with Gasteiger partial charge in [-0.05, 0) is 47.7 Å². The molecule has 0 spiro atoms. The molecular formula is C28H27F2N3O3. The summed E-state index contributed by atoms with van der Waals surface area (Å²) in [6.45, 7) is 4.98. The van der Waals surface area contributed by atoms with Gasteiger partial charge in [0.1, 0.15) is 6.04 Å². The van der Waals surface area contributed by atoms with Crippen LogP contribution >= 0.6 is 0 Å². The third-order valence-electron chi connectivity index (χ3n) is 6.07. The summed E-state index contributed by atoms with van der Waals surface area (Å²) in [6, 6.07) is 18.9. The van der Waals surface area contributed by atoms with Gasteiger partial charge in [-0.3, -0.25) is 4.79 Å². The Morgan fingerprint density at radius 2 is 1.75 bits per heavy atom. The molecule has 0 bridgehead atoms. The van der Waals surface area contributed by atoms with Crippen LogP contribution < -0.4 is 5.32 Å². The van der Waals surface area contributed by atoms with Crippen LogP contribution in [0.5, 0.6) is 0 Å². The van der Waals surface area contributed by atoms with E-state index in [1.165, 1.54) is 6.07 Å². The van der Waals surface area contributed by atoms with Gasteiger partial charge in [-0.15, -0.1) is 0 Å². The van der Waals surface area contributed by atoms with Crippen LogP contribution in [0.1, 0.15) is 37.0 Å². The predicted octanol–water partition coefficient (Wildman–Crippen LogP) is 6.44. The molecule has 36 heavy (non-hydrogen) atoms. The standard InChI is InChI=1S/C28H27F2N3O3/c1-4-24(27(34)35)31-16-18-9-11-19(12-10-18)25-32-26(36-33-25)20-13-14-22(23(15-20)28(3,29)30)21-8-6-5-7-17(21)2/h5-15,24,31H,4,16H2,1-3H3,(H,34,35). The Hall–Kier alpha value is -3.91. The zero-order valence-electron chi connectivity index (χ0n) is 20.3. The Kier molecular flexibility index (Phi) is 7.26. The van der Waals surface area contributed by atoms with Gasteiger partial charge in [-0.2, -0.15) is 4.98 Å². The van der Waals surface area contributed by atoms with E-state index in [9.17, 15) is 13.6 Å². The van der Waals surface area contributed by atoms with Crippen LogP contribution in [0.2, 0.25) is 0 Å². The van der Waals surface area contributed by atoms with E-state index in [0.717, 1.165) is 23.6 Å². The maximum Gasteiger partial charge on any atom is 0.320 e. The second-order valence-electron chi connectivity index (χ2n) is 8.76. The van der Waals surface area contributed by atoms with E-state index in [0.29, 0.717) is 35.5 Å². The van der Waals surface area contributed by atoms with E-state index in [2.05, 4.69) is 15.5 Å². The van der Waals surface area contributed by atoms with Crippen molar-refractivity contribution in [2.45, 2.75) is 45.7 Å². The summed E-state index contributed by atoms with van der Waals surface area (Å²) in [5, 5.41) is 16.2. The van der Waals surface area contributed by atoms with Crippen molar-refractivity contribution < 1.29 is 23.2 Å². The lowest BCUT2D eigenvalue weighted by molar-refractivity contribution is -0.139. The number of carboxylic acids is 1. The lowest BCUT2D eigenvalue weighted by Crippen LogP contribution is -2.35. The topological polar surface area (TPSA) is 88.3 Å². The van der Waals surface area contributed by atoms with Crippen molar-refractivity contribution >= 4 is 5.97 Å². The second kappa shape index (κ2) is 10.4. The van der Waals surface area contributed by atoms with Crippen LogP contribution in [0, 0.1) is 6.92 Å². The summed E-state index contributed by atoms with van der Waals surface area (Å²) in [5.74, 6) is -3.49. The fourth-order valence-electron chi connectivity index (χ4n) is 4.03. The van der Waals surface area contributed by atoms with Crippen molar-refractivity contribution in [3.8, 4) is 34.0 Å². The van der Waals surface area contributed by atoms with Crippen molar-refractivity contribution in [2.75, 3.05) is 0 Å². The number of alkyl halides is 2. The minimum Gasteiger partial charge on any atom is -0.480 e. The minimum atomic E-state index is -3.07. The molecule has 1 aromatic heterocycles. The molecule has 8 heteroatoms. The van der Waals surface area contributed by atoms with Gasteiger partial charge in [0.25, 0.3) is 11.8 Å². The number of hydrogen-bond acceptors (Lipinski definition) is 5. The minimum absolute atomic E-state index is 0.113. The molecule has 0 fully saturated rings. The second-order valence-corrected chi connectivity index (χ2v) is 8.76. The summed E-state index contributed by atoms with van der Waals surface area (Å²) in [7, 11) is 0.